The molecule has 1 aromatic heterocycles. The fraction of sp³-hybridized carbons (Fsp3) is 0.765. The van der Waals surface area contributed by atoms with Gasteiger partial charge in [0.25, 0.3) is 0 Å². The lowest BCUT2D eigenvalue weighted by molar-refractivity contribution is 0.418. The van der Waals surface area contributed by atoms with Crippen molar-refractivity contribution >= 4 is 53.0 Å². The highest BCUT2D eigenvalue weighted by atomic mass is 127. The molecule has 0 aliphatic heterocycles. The number of thioether (sulfide) groups is 1. The molecule has 138 valence electrons. The van der Waals surface area contributed by atoms with E-state index in [1.54, 1.807) is 11.3 Å². The highest BCUT2D eigenvalue weighted by Gasteiger charge is 2.22. The quantitative estimate of drug-likeness (QED) is 0.353. The number of guanidine groups is 1. The van der Waals surface area contributed by atoms with Crippen molar-refractivity contribution in [2.75, 3.05) is 12.8 Å². The van der Waals surface area contributed by atoms with Crippen LogP contribution in [0.2, 0.25) is 0 Å². The smallest absolute Gasteiger partial charge is 0.191 e. The van der Waals surface area contributed by atoms with Gasteiger partial charge in [-0.1, -0.05) is 27.2 Å². The van der Waals surface area contributed by atoms with Gasteiger partial charge in [-0.05, 0) is 25.0 Å². The topological polar surface area (TPSA) is 49.3 Å². The van der Waals surface area contributed by atoms with E-state index in [0.717, 1.165) is 23.4 Å². The lowest BCUT2D eigenvalue weighted by Gasteiger charge is -2.30. The molecular formula is C17H31IN4S2. The molecule has 4 nitrogen and oxygen atoms in total. The number of hydrogen-bond acceptors (Lipinski definition) is 4. The summed E-state index contributed by atoms with van der Waals surface area (Å²) < 4.78 is 0. The summed E-state index contributed by atoms with van der Waals surface area (Å²) in [5, 5.41) is 11.2. The van der Waals surface area contributed by atoms with Crippen molar-refractivity contribution in [1.29, 1.82) is 0 Å². The molecule has 1 fully saturated rings. The first kappa shape index (κ1) is 22.0. The minimum Gasteiger partial charge on any atom is -0.354 e. The molecule has 0 spiro atoms. The Hall–Kier alpha value is -0.0200. The van der Waals surface area contributed by atoms with Gasteiger partial charge in [0.2, 0.25) is 0 Å². The zero-order chi connectivity index (χ0) is 16.7. The average molecular weight is 483 g/mol. The van der Waals surface area contributed by atoms with Gasteiger partial charge >= 0.3 is 0 Å². The highest BCUT2D eigenvalue weighted by Crippen LogP contribution is 2.28. The predicted octanol–water partition coefficient (Wildman–Crippen LogP) is 4.61. The number of aliphatic imine (C=N–C) groups is 1. The van der Waals surface area contributed by atoms with Crippen molar-refractivity contribution in [3.05, 3.63) is 16.1 Å². The van der Waals surface area contributed by atoms with Crippen LogP contribution < -0.4 is 10.6 Å². The molecule has 0 aromatic carbocycles. The Kier molecular flexibility index (Phi) is 10.6. The molecule has 1 saturated carbocycles. The van der Waals surface area contributed by atoms with Crippen LogP contribution in [0.1, 0.15) is 63.1 Å². The van der Waals surface area contributed by atoms with Crippen LogP contribution in [0.4, 0.5) is 0 Å². The largest absolute Gasteiger partial charge is 0.354 e. The van der Waals surface area contributed by atoms with Crippen LogP contribution >= 0.6 is 47.1 Å². The second-order valence-electron chi connectivity index (χ2n) is 6.34. The van der Waals surface area contributed by atoms with Crippen LogP contribution in [-0.4, -0.2) is 35.0 Å². The van der Waals surface area contributed by atoms with E-state index < -0.39 is 0 Å². The number of halogens is 1. The molecule has 2 N–H and O–H groups in total. The van der Waals surface area contributed by atoms with E-state index in [1.807, 2.05) is 7.05 Å². The average Bonchev–Trinajstić information content (AvgIpc) is 3.01. The lowest BCUT2D eigenvalue weighted by Crippen LogP contribution is -2.45. The molecule has 1 aliphatic carbocycles. The van der Waals surface area contributed by atoms with Crippen molar-refractivity contribution in [2.45, 2.75) is 70.2 Å². The van der Waals surface area contributed by atoms with Crippen LogP contribution in [0.5, 0.6) is 0 Å². The Labute approximate surface area is 172 Å². The first-order valence-electron chi connectivity index (χ1n) is 8.65. The fourth-order valence-corrected chi connectivity index (χ4v) is 4.90. The molecule has 1 aromatic rings. The van der Waals surface area contributed by atoms with Crippen LogP contribution in [0.15, 0.2) is 10.4 Å². The molecule has 2 atom stereocenters. The van der Waals surface area contributed by atoms with Crippen LogP contribution in [-0.2, 0) is 6.54 Å². The van der Waals surface area contributed by atoms with Gasteiger partial charge in [-0.15, -0.1) is 35.3 Å². The minimum absolute atomic E-state index is 0. The van der Waals surface area contributed by atoms with Crippen molar-refractivity contribution in [1.82, 2.24) is 15.6 Å². The van der Waals surface area contributed by atoms with E-state index in [1.165, 1.54) is 36.4 Å². The zero-order valence-electron chi connectivity index (χ0n) is 15.2. The Morgan fingerprint density at radius 3 is 2.88 bits per heavy atom. The van der Waals surface area contributed by atoms with E-state index in [0.29, 0.717) is 12.0 Å². The summed E-state index contributed by atoms with van der Waals surface area (Å²) in [5.41, 5.74) is 1.10. The van der Waals surface area contributed by atoms with Crippen LogP contribution in [0.3, 0.4) is 0 Å². The van der Waals surface area contributed by atoms with E-state index in [9.17, 15) is 0 Å². The van der Waals surface area contributed by atoms with Gasteiger partial charge in [0.1, 0.15) is 0 Å². The summed E-state index contributed by atoms with van der Waals surface area (Å²) in [4.78, 5) is 9.04. The van der Waals surface area contributed by atoms with Gasteiger partial charge < -0.3 is 10.6 Å². The lowest BCUT2D eigenvalue weighted by atomic mass is 9.95. The molecule has 0 saturated heterocycles. The maximum atomic E-state index is 4.67. The molecular weight excluding hydrogens is 451 g/mol. The molecule has 0 bridgehead atoms. The van der Waals surface area contributed by atoms with Gasteiger partial charge in [0.05, 0.1) is 17.2 Å². The Morgan fingerprint density at radius 2 is 2.25 bits per heavy atom. The molecule has 24 heavy (non-hydrogen) atoms. The van der Waals surface area contributed by atoms with Crippen LogP contribution in [0.25, 0.3) is 0 Å². The summed E-state index contributed by atoms with van der Waals surface area (Å²) in [6, 6.07) is 0.542. The van der Waals surface area contributed by atoms with E-state index >= 15 is 0 Å². The van der Waals surface area contributed by atoms with E-state index in [4.69, 9.17) is 0 Å². The normalized spacial score (nSPS) is 21.5. The highest BCUT2D eigenvalue weighted by molar-refractivity contribution is 14.0. The standard InChI is InChI=1S/C17H30N4S2.HI/c1-5-22-15-8-6-7-13(9-15)21-17(18-4)19-10-14-11-23-16(20-14)12(2)3;/h11-13,15H,5-10H2,1-4H3,(H2,18,19,21);1H. The van der Waals surface area contributed by atoms with Gasteiger partial charge in [-0.3, -0.25) is 4.99 Å². The first-order valence-corrected chi connectivity index (χ1v) is 10.6. The number of thiazole rings is 1. The van der Waals surface area contributed by atoms with Crippen LogP contribution in [0, 0.1) is 0 Å². The summed E-state index contributed by atoms with van der Waals surface area (Å²) >= 11 is 3.84. The fourth-order valence-electron chi connectivity index (χ4n) is 2.89. The zero-order valence-corrected chi connectivity index (χ0v) is 19.1. The van der Waals surface area contributed by atoms with Crippen molar-refractivity contribution in [3.63, 3.8) is 0 Å². The third-order valence-electron chi connectivity index (χ3n) is 4.09. The molecule has 0 radical (unpaired) electrons. The monoisotopic (exact) mass is 482 g/mol. The third-order valence-corrected chi connectivity index (χ3v) is 6.52. The summed E-state index contributed by atoms with van der Waals surface area (Å²) in [5.74, 6) is 2.62. The first-order chi connectivity index (χ1) is 11.1. The van der Waals surface area contributed by atoms with E-state index in [-0.39, 0.29) is 24.0 Å². The Balaban J connectivity index is 0.00000288. The molecule has 1 heterocycles. The number of aromatic nitrogens is 1. The Bertz CT molecular complexity index is 503. The predicted molar refractivity (Wildman–Crippen MR) is 119 cm³/mol. The second kappa shape index (κ2) is 11.6. The summed E-state index contributed by atoms with van der Waals surface area (Å²) in [7, 11) is 1.84. The maximum Gasteiger partial charge on any atom is 0.191 e. The number of rotatable bonds is 6. The van der Waals surface area contributed by atoms with E-state index in [2.05, 4.69) is 58.5 Å². The summed E-state index contributed by atoms with van der Waals surface area (Å²) in [6.45, 7) is 7.36. The van der Waals surface area contributed by atoms with Crippen molar-refractivity contribution < 1.29 is 0 Å². The van der Waals surface area contributed by atoms with Crippen molar-refractivity contribution in [2.24, 2.45) is 4.99 Å². The SMILES string of the molecule is CCSC1CCCC(NC(=NC)NCc2csc(C(C)C)n2)C1.I. The summed E-state index contributed by atoms with van der Waals surface area (Å²) in [6.07, 6.45) is 5.17. The number of nitrogens with zero attached hydrogens (tertiary/aromatic N) is 2. The molecule has 2 unspecified atom stereocenters. The third kappa shape index (κ3) is 7.07. The molecule has 1 aliphatic rings. The minimum atomic E-state index is 0. The van der Waals surface area contributed by atoms with Gasteiger partial charge in [0, 0.05) is 29.6 Å². The maximum absolute atomic E-state index is 4.67. The molecule has 7 heteroatoms. The van der Waals surface area contributed by atoms with Gasteiger partial charge in [0.15, 0.2) is 5.96 Å². The molecule has 0 amide bonds. The Morgan fingerprint density at radius 1 is 1.46 bits per heavy atom. The van der Waals surface area contributed by atoms with Gasteiger partial charge in [-0.2, -0.15) is 11.8 Å². The number of nitrogens with one attached hydrogen (secondary N) is 2. The number of hydrogen-bond donors (Lipinski definition) is 2. The second-order valence-corrected chi connectivity index (χ2v) is 8.81. The van der Waals surface area contributed by atoms with Crippen molar-refractivity contribution in [3.8, 4) is 0 Å². The van der Waals surface area contributed by atoms with Gasteiger partial charge in [-0.25, -0.2) is 4.98 Å². The molecule has 2 rings (SSSR count).